The van der Waals surface area contributed by atoms with E-state index in [1.807, 2.05) is 31.2 Å². The molecule has 100 valence electrons. The van der Waals surface area contributed by atoms with Gasteiger partial charge in [-0.3, -0.25) is 4.79 Å². The van der Waals surface area contributed by atoms with Crippen molar-refractivity contribution < 1.29 is 14.3 Å². The van der Waals surface area contributed by atoms with Crippen LogP contribution in [0.15, 0.2) is 35.1 Å². The molecule has 0 aliphatic heterocycles. The highest BCUT2D eigenvalue weighted by Crippen LogP contribution is 2.23. The third-order valence-electron chi connectivity index (χ3n) is 2.75. The second-order valence-corrected chi connectivity index (χ2v) is 4.45. The summed E-state index contributed by atoms with van der Waals surface area (Å²) in [6.45, 7) is 3.58. The van der Waals surface area contributed by atoms with Gasteiger partial charge in [-0.2, -0.15) is 0 Å². The van der Waals surface area contributed by atoms with Gasteiger partial charge in [-0.25, -0.2) is 4.98 Å². The van der Waals surface area contributed by atoms with Crippen LogP contribution in [0, 0.1) is 6.92 Å². The van der Waals surface area contributed by atoms with E-state index in [1.54, 1.807) is 6.92 Å². The van der Waals surface area contributed by atoms with Gasteiger partial charge in [0.15, 0.2) is 17.8 Å². The monoisotopic (exact) mass is 260 g/mol. The summed E-state index contributed by atoms with van der Waals surface area (Å²) in [5.74, 6) is 0.0773. The van der Waals surface area contributed by atoms with Gasteiger partial charge in [0.05, 0.1) is 6.61 Å². The highest BCUT2D eigenvalue weighted by molar-refractivity contribution is 5.97. The molecule has 0 fully saturated rings. The smallest absolute Gasteiger partial charge is 0.274 e. The van der Waals surface area contributed by atoms with Crippen LogP contribution in [0.25, 0.3) is 11.3 Å². The zero-order chi connectivity index (χ0) is 13.8. The molecule has 2 N–H and O–H groups in total. The number of amides is 1. The van der Waals surface area contributed by atoms with Crippen molar-refractivity contribution in [3.05, 3.63) is 41.9 Å². The topological polar surface area (TPSA) is 75.4 Å². The number of aliphatic hydroxyl groups excluding tert-OH is 1. The number of hydrogen-bond acceptors (Lipinski definition) is 4. The molecule has 0 bridgehead atoms. The average Bonchev–Trinajstić information content (AvgIpc) is 2.88. The fourth-order valence-electron chi connectivity index (χ4n) is 1.66. The van der Waals surface area contributed by atoms with Crippen LogP contribution in [-0.4, -0.2) is 28.6 Å². The van der Waals surface area contributed by atoms with Gasteiger partial charge in [-0.05, 0) is 13.8 Å². The lowest BCUT2D eigenvalue weighted by Gasteiger charge is -2.09. The van der Waals surface area contributed by atoms with Crippen molar-refractivity contribution in [2.75, 3.05) is 6.61 Å². The summed E-state index contributed by atoms with van der Waals surface area (Å²) < 4.78 is 5.29. The molecule has 1 amide bonds. The molecular weight excluding hydrogens is 244 g/mol. The van der Waals surface area contributed by atoms with Crippen molar-refractivity contribution in [3.8, 4) is 11.3 Å². The first-order chi connectivity index (χ1) is 9.11. The fourth-order valence-corrected chi connectivity index (χ4v) is 1.66. The lowest BCUT2D eigenvalue weighted by molar-refractivity contribution is 0.0918. The number of rotatable bonds is 4. The Hall–Kier alpha value is -2.14. The standard InChI is InChI=1S/C14H16N2O3/c1-9-3-5-11(6-4-9)13-12(15-8-19-13)14(18)16-10(2)7-17/h3-6,8,10,17H,7H2,1-2H3,(H,16,18). The number of nitrogens with zero attached hydrogens (tertiary/aromatic N) is 1. The lowest BCUT2D eigenvalue weighted by Crippen LogP contribution is -2.35. The number of nitrogens with one attached hydrogen (secondary N) is 1. The molecule has 2 rings (SSSR count). The van der Waals surface area contributed by atoms with Crippen molar-refractivity contribution in [2.45, 2.75) is 19.9 Å². The summed E-state index contributed by atoms with van der Waals surface area (Å²) in [5, 5.41) is 11.6. The van der Waals surface area contributed by atoms with Gasteiger partial charge in [0.2, 0.25) is 0 Å². The van der Waals surface area contributed by atoms with Crippen LogP contribution in [0.4, 0.5) is 0 Å². The molecule has 0 saturated heterocycles. The molecule has 0 aliphatic rings. The second-order valence-electron chi connectivity index (χ2n) is 4.45. The molecule has 1 unspecified atom stereocenters. The number of aryl methyl sites for hydroxylation is 1. The Bertz CT molecular complexity index is 560. The molecule has 1 aromatic heterocycles. The predicted molar refractivity (Wildman–Crippen MR) is 70.7 cm³/mol. The normalized spacial score (nSPS) is 12.2. The quantitative estimate of drug-likeness (QED) is 0.878. The van der Waals surface area contributed by atoms with Crippen molar-refractivity contribution in [2.24, 2.45) is 0 Å². The summed E-state index contributed by atoms with van der Waals surface area (Å²) >= 11 is 0. The van der Waals surface area contributed by atoms with Crippen LogP contribution in [-0.2, 0) is 0 Å². The number of aliphatic hydroxyl groups is 1. The maximum atomic E-state index is 12.0. The Balaban J connectivity index is 2.27. The van der Waals surface area contributed by atoms with E-state index < -0.39 is 0 Å². The summed E-state index contributed by atoms with van der Waals surface area (Å²) in [7, 11) is 0. The van der Waals surface area contributed by atoms with Gasteiger partial charge in [-0.1, -0.05) is 29.8 Å². The van der Waals surface area contributed by atoms with Gasteiger partial charge in [0, 0.05) is 11.6 Å². The van der Waals surface area contributed by atoms with E-state index in [0.29, 0.717) is 5.76 Å². The molecule has 0 radical (unpaired) electrons. The van der Waals surface area contributed by atoms with Gasteiger partial charge < -0.3 is 14.8 Å². The van der Waals surface area contributed by atoms with Crippen molar-refractivity contribution >= 4 is 5.91 Å². The van der Waals surface area contributed by atoms with Crippen LogP contribution >= 0.6 is 0 Å². The van der Waals surface area contributed by atoms with Gasteiger partial charge >= 0.3 is 0 Å². The van der Waals surface area contributed by atoms with Crippen molar-refractivity contribution in [1.82, 2.24) is 10.3 Å². The first-order valence-corrected chi connectivity index (χ1v) is 6.04. The fraction of sp³-hybridized carbons (Fsp3) is 0.286. The molecule has 1 atom stereocenters. The number of carbonyl (C=O) groups is 1. The Kier molecular flexibility index (Phi) is 3.97. The third-order valence-corrected chi connectivity index (χ3v) is 2.75. The molecule has 2 aromatic rings. The van der Waals surface area contributed by atoms with E-state index in [9.17, 15) is 4.79 Å². The lowest BCUT2D eigenvalue weighted by atomic mass is 10.1. The maximum Gasteiger partial charge on any atom is 0.274 e. The van der Waals surface area contributed by atoms with E-state index >= 15 is 0 Å². The van der Waals surface area contributed by atoms with Crippen LogP contribution < -0.4 is 5.32 Å². The number of benzene rings is 1. The minimum absolute atomic E-state index is 0.122. The largest absolute Gasteiger partial charge is 0.443 e. The molecule has 1 aromatic carbocycles. The Labute approximate surface area is 111 Å². The molecule has 1 heterocycles. The Morgan fingerprint density at radius 1 is 1.42 bits per heavy atom. The molecule has 5 nitrogen and oxygen atoms in total. The summed E-state index contributed by atoms with van der Waals surface area (Å²) in [6, 6.07) is 7.31. The number of aromatic nitrogens is 1. The van der Waals surface area contributed by atoms with Crippen LogP contribution in [0.2, 0.25) is 0 Å². The Morgan fingerprint density at radius 2 is 2.11 bits per heavy atom. The SMILES string of the molecule is Cc1ccc(-c2ocnc2C(=O)NC(C)CO)cc1. The molecule has 0 saturated carbocycles. The van der Waals surface area contributed by atoms with E-state index in [4.69, 9.17) is 9.52 Å². The first kappa shape index (κ1) is 13.3. The van der Waals surface area contributed by atoms with Crippen molar-refractivity contribution in [3.63, 3.8) is 0 Å². The number of carbonyl (C=O) groups excluding carboxylic acids is 1. The number of hydrogen-bond donors (Lipinski definition) is 2. The zero-order valence-corrected chi connectivity index (χ0v) is 10.9. The van der Waals surface area contributed by atoms with Gasteiger partial charge in [0.1, 0.15) is 0 Å². The van der Waals surface area contributed by atoms with Gasteiger partial charge in [0.25, 0.3) is 5.91 Å². The highest BCUT2D eigenvalue weighted by Gasteiger charge is 2.19. The molecule has 19 heavy (non-hydrogen) atoms. The van der Waals surface area contributed by atoms with Crippen LogP contribution in [0.3, 0.4) is 0 Å². The average molecular weight is 260 g/mol. The van der Waals surface area contributed by atoms with E-state index in [1.165, 1.54) is 6.39 Å². The highest BCUT2D eigenvalue weighted by atomic mass is 16.3. The van der Waals surface area contributed by atoms with Crippen LogP contribution in [0.1, 0.15) is 23.0 Å². The molecular formula is C14H16N2O3. The van der Waals surface area contributed by atoms with E-state index in [2.05, 4.69) is 10.3 Å². The van der Waals surface area contributed by atoms with Gasteiger partial charge in [-0.15, -0.1) is 0 Å². The third kappa shape index (κ3) is 3.00. The number of oxazole rings is 1. The van der Waals surface area contributed by atoms with E-state index in [-0.39, 0.29) is 24.2 Å². The summed E-state index contributed by atoms with van der Waals surface area (Å²) in [6.07, 6.45) is 1.24. The first-order valence-electron chi connectivity index (χ1n) is 6.04. The van der Waals surface area contributed by atoms with E-state index in [0.717, 1.165) is 11.1 Å². The second kappa shape index (κ2) is 5.67. The summed E-state index contributed by atoms with van der Waals surface area (Å²) in [5.41, 5.74) is 2.15. The maximum absolute atomic E-state index is 12.0. The molecule has 0 spiro atoms. The zero-order valence-electron chi connectivity index (χ0n) is 10.9. The molecule has 5 heteroatoms. The summed E-state index contributed by atoms with van der Waals surface area (Å²) in [4.78, 5) is 15.9. The van der Waals surface area contributed by atoms with Crippen LogP contribution in [0.5, 0.6) is 0 Å². The predicted octanol–water partition coefficient (Wildman–Crippen LogP) is 1.76. The molecule has 0 aliphatic carbocycles. The van der Waals surface area contributed by atoms with Crippen molar-refractivity contribution in [1.29, 1.82) is 0 Å². The minimum atomic E-state index is -0.356. The Morgan fingerprint density at radius 3 is 2.74 bits per heavy atom. The minimum Gasteiger partial charge on any atom is -0.443 e.